The smallest absolute Gasteiger partial charge is 0.225 e. The molecule has 1 aliphatic rings. The number of aliphatic imine (C=N–C) groups is 1. The summed E-state index contributed by atoms with van der Waals surface area (Å²) in [5.41, 5.74) is 0. The fraction of sp³-hybridized carbons (Fsp3) is 0.688. The SMILES string of the molecule is CN=C(NCCCOC)NCCN1CCN(c2ncccn2)CC1. The van der Waals surface area contributed by atoms with E-state index in [-0.39, 0.29) is 0 Å². The second-order valence-electron chi connectivity index (χ2n) is 5.65. The van der Waals surface area contributed by atoms with Gasteiger partial charge in [-0.3, -0.25) is 9.89 Å². The molecule has 0 saturated carbocycles. The van der Waals surface area contributed by atoms with Crippen LogP contribution in [0.1, 0.15) is 6.42 Å². The number of aromatic nitrogens is 2. The third kappa shape index (κ3) is 6.29. The van der Waals surface area contributed by atoms with Gasteiger partial charge in [0, 0.05) is 79.0 Å². The van der Waals surface area contributed by atoms with E-state index in [9.17, 15) is 0 Å². The topological polar surface area (TPSA) is 77.9 Å². The molecule has 0 amide bonds. The van der Waals surface area contributed by atoms with Gasteiger partial charge in [0.1, 0.15) is 0 Å². The van der Waals surface area contributed by atoms with Crippen molar-refractivity contribution < 1.29 is 4.74 Å². The van der Waals surface area contributed by atoms with Crippen molar-refractivity contribution in [2.45, 2.75) is 6.42 Å². The second-order valence-corrected chi connectivity index (χ2v) is 5.65. The minimum atomic E-state index is 0.763. The van der Waals surface area contributed by atoms with E-state index in [1.54, 1.807) is 26.6 Å². The van der Waals surface area contributed by atoms with Crippen LogP contribution in [0.5, 0.6) is 0 Å². The first kappa shape index (κ1) is 18.4. The summed E-state index contributed by atoms with van der Waals surface area (Å²) >= 11 is 0. The number of hydrogen-bond donors (Lipinski definition) is 2. The second kappa shape index (κ2) is 10.8. The fourth-order valence-electron chi connectivity index (χ4n) is 2.60. The van der Waals surface area contributed by atoms with Crippen LogP contribution in [-0.4, -0.2) is 87.4 Å². The summed E-state index contributed by atoms with van der Waals surface area (Å²) in [6.07, 6.45) is 4.56. The van der Waals surface area contributed by atoms with Gasteiger partial charge in [0.05, 0.1) is 0 Å². The molecule has 0 aromatic carbocycles. The number of anilines is 1. The van der Waals surface area contributed by atoms with Crippen molar-refractivity contribution >= 4 is 11.9 Å². The van der Waals surface area contributed by atoms with Crippen LogP contribution in [0.2, 0.25) is 0 Å². The molecule has 1 aliphatic heterocycles. The summed E-state index contributed by atoms with van der Waals surface area (Å²) in [6.45, 7) is 7.50. The van der Waals surface area contributed by atoms with Gasteiger partial charge in [0.15, 0.2) is 5.96 Å². The molecule has 1 fully saturated rings. The van der Waals surface area contributed by atoms with Gasteiger partial charge in [-0.05, 0) is 12.5 Å². The molecule has 0 spiro atoms. The van der Waals surface area contributed by atoms with Crippen molar-refractivity contribution in [1.82, 2.24) is 25.5 Å². The first-order chi connectivity index (χ1) is 11.8. The number of rotatable bonds is 8. The molecule has 134 valence electrons. The van der Waals surface area contributed by atoms with Gasteiger partial charge in [-0.1, -0.05) is 0 Å². The number of guanidine groups is 1. The number of piperazine rings is 1. The summed E-state index contributed by atoms with van der Waals surface area (Å²) in [5, 5.41) is 6.64. The van der Waals surface area contributed by atoms with Gasteiger partial charge in [-0.15, -0.1) is 0 Å². The Labute approximate surface area is 144 Å². The summed E-state index contributed by atoms with van der Waals surface area (Å²) < 4.78 is 5.04. The monoisotopic (exact) mass is 335 g/mol. The highest BCUT2D eigenvalue weighted by molar-refractivity contribution is 5.79. The van der Waals surface area contributed by atoms with Crippen LogP contribution < -0.4 is 15.5 Å². The molecule has 0 atom stereocenters. The van der Waals surface area contributed by atoms with Gasteiger partial charge in [-0.25, -0.2) is 9.97 Å². The highest BCUT2D eigenvalue weighted by Gasteiger charge is 2.18. The molecule has 1 aromatic rings. The predicted molar refractivity (Wildman–Crippen MR) is 96.5 cm³/mol. The molecular formula is C16H29N7O. The molecule has 0 aliphatic carbocycles. The number of nitrogens with zero attached hydrogens (tertiary/aromatic N) is 5. The molecular weight excluding hydrogens is 306 g/mol. The number of methoxy groups -OCH3 is 1. The van der Waals surface area contributed by atoms with Gasteiger partial charge in [-0.2, -0.15) is 0 Å². The molecule has 0 unspecified atom stereocenters. The molecule has 24 heavy (non-hydrogen) atoms. The molecule has 8 heteroatoms. The van der Waals surface area contributed by atoms with Crippen LogP contribution in [0.3, 0.4) is 0 Å². The van der Waals surface area contributed by atoms with Gasteiger partial charge in [0.2, 0.25) is 5.95 Å². The van der Waals surface area contributed by atoms with Gasteiger partial charge >= 0.3 is 0 Å². The summed E-state index contributed by atoms with van der Waals surface area (Å²) in [4.78, 5) is 17.5. The average molecular weight is 335 g/mol. The van der Waals surface area contributed by atoms with E-state index < -0.39 is 0 Å². The zero-order chi connectivity index (χ0) is 17.0. The molecule has 1 aromatic heterocycles. The lowest BCUT2D eigenvalue weighted by Gasteiger charge is -2.34. The van der Waals surface area contributed by atoms with Gasteiger partial charge in [0.25, 0.3) is 0 Å². The Kier molecular flexibility index (Phi) is 8.26. The number of hydrogen-bond acceptors (Lipinski definition) is 6. The first-order valence-corrected chi connectivity index (χ1v) is 8.51. The minimum Gasteiger partial charge on any atom is -0.385 e. The van der Waals surface area contributed by atoms with E-state index in [1.165, 1.54) is 0 Å². The summed E-state index contributed by atoms with van der Waals surface area (Å²) in [7, 11) is 3.51. The van der Waals surface area contributed by atoms with Crippen molar-refractivity contribution in [3.63, 3.8) is 0 Å². The fourth-order valence-corrected chi connectivity index (χ4v) is 2.60. The molecule has 0 radical (unpaired) electrons. The average Bonchev–Trinajstić information content (AvgIpc) is 2.65. The third-order valence-corrected chi connectivity index (χ3v) is 3.97. The molecule has 8 nitrogen and oxygen atoms in total. The zero-order valence-corrected chi connectivity index (χ0v) is 14.7. The molecule has 1 saturated heterocycles. The van der Waals surface area contributed by atoms with Crippen LogP contribution in [0.15, 0.2) is 23.5 Å². The Balaban J connectivity index is 1.60. The zero-order valence-electron chi connectivity index (χ0n) is 14.7. The van der Waals surface area contributed by atoms with E-state index in [4.69, 9.17) is 4.74 Å². The Morgan fingerprint density at radius 3 is 2.54 bits per heavy atom. The number of nitrogens with one attached hydrogen (secondary N) is 2. The van der Waals surface area contributed by atoms with E-state index >= 15 is 0 Å². The summed E-state index contributed by atoms with van der Waals surface area (Å²) in [5.74, 6) is 1.68. The Morgan fingerprint density at radius 1 is 1.17 bits per heavy atom. The predicted octanol–water partition coefficient (Wildman–Crippen LogP) is -0.200. The van der Waals surface area contributed by atoms with Crippen molar-refractivity contribution in [2.24, 2.45) is 4.99 Å². The molecule has 2 rings (SSSR count). The maximum Gasteiger partial charge on any atom is 0.225 e. The van der Waals surface area contributed by atoms with Crippen LogP contribution >= 0.6 is 0 Å². The van der Waals surface area contributed by atoms with Crippen molar-refractivity contribution in [2.75, 3.05) is 71.5 Å². The number of ether oxygens (including phenoxy) is 1. The highest BCUT2D eigenvalue weighted by Crippen LogP contribution is 2.08. The highest BCUT2D eigenvalue weighted by atomic mass is 16.5. The standard InChI is InChI=1S/C16H29N7O/c1-17-15(18-7-4-14-24-2)19-8-9-22-10-12-23(13-11-22)16-20-5-3-6-21-16/h3,5-6H,4,7-14H2,1-2H3,(H2,17,18,19). The molecule has 0 bridgehead atoms. The third-order valence-electron chi connectivity index (χ3n) is 3.97. The maximum atomic E-state index is 5.04. The lowest BCUT2D eigenvalue weighted by atomic mass is 10.3. The van der Waals surface area contributed by atoms with Crippen LogP contribution in [0.25, 0.3) is 0 Å². The van der Waals surface area contributed by atoms with E-state index in [2.05, 4.69) is 35.4 Å². The Hall–Kier alpha value is -1.93. The Bertz CT molecular complexity index is 475. The van der Waals surface area contributed by atoms with Crippen LogP contribution in [-0.2, 0) is 4.74 Å². The van der Waals surface area contributed by atoms with Crippen molar-refractivity contribution in [3.8, 4) is 0 Å². The maximum absolute atomic E-state index is 5.04. The van der Waals surface area contributed by atoms with Crippen LogP contribution in [0.4, 0.5) is 5.95 Å². The van der Waals surface area contributed by atoms with E-state index in [0.29, 0.717) is 0 Å². The summed E-state index contributed by atoms with van der Waals surface area (Å²) in [6, 6.07) is 1.85. The Morgan fingerprint density at radius 2 is 1.88 bits per heavy atom. The van der Waals surface area contributed by atoms with Gasteiger partial charge < -0.3 is 20.3 Å². The lowest BCUT2D eigenvalue weighted by Crippen LogP contribution is -2.49. The van der Waals surface area contributed by atoms with Crippen molar-refractivity contribution in [3.05, 3.63) is 18.5 Å². The van der Waals surface area contributed by atoms with Crippen molar-refractivity contribution in [1.29, 1.82) is 0 Å². The molecule has 2 N–H and O–H groups in total. The lowest BCUT2D eigenvalue weighted by molar-refractivity contribution is 0.195. The minimum absolute atomic E-state index is 0.763. The first-order valence-electron chi connectivity index (χ1n) is 8.51. The largest absolute Gasteiger partial charge is 0.385 e. The van der Waals surface area contributed by atoms with Crippen LogP contribution in [0, 0.1) is 0 Å². The van der Waals surface area contributed by atoms with E-state index in [0.717, 1.165) is 70.7 Å². The molecule has 2 heterocycles. The normalized spacial score (nSPS) is 16.2. The van der Waals surface area contributed by atoms with E-state index in [1.807, 2.05) is 6.07 Å². The quantitative estimate of drug-likeness (QED) is 0.387.